The minimum Gasteiger partial charge on any atom is -0.494 e. The number of pyridine rings is 1. The molecule has 306 valence electrons. The van der Waals surface area contributed by atoms with Gasteiger partial charge in [-0.1, -0.05) is 18.2 Å². The Balaban J connectivity index is 0.786. The summed E-state index contributed by atoms with van der Waals surface area (Å²) in [5.74, 6) is 0.327. The highest BCUT2D eigenvalue weighted by Crippen LogP contribution is 2.42. The molecule has 4 aromatic rings. The fourth-order valence-electron chi connectivity index (χ4n) is 8.91. The Morgan fingerprint density at radius 1 is 0.948 bits per heavy atom. The van der Waals surface area contributed by atoms with Crippen LogP contribution in [-0.2, 0) is 22.3 Å². The Labute approximate surface area is 337 Å². The third-order valence-corrected chi connectivity index (χ3v) is 13.3. The molecule has 1 aliphatic carbocycles. The van der Waals surface area contributed by atoms with Gasteiger partial charge in [-0.3, -0.25) is 24.5 Å². The molecule has 4 amide bonds. The Morgan fingerprint density at radius 2 is 1.72 bits per heavy atom. The third-order valence-electron chi connectivity index (χ3n) is 12.1. The summed E-state index contributed by atoms with van der Waals surface area (Å²) in [7, 11) is 1.47. The van der Waals surface area contributed by atoms with Gasteiger partial charge in [-0.2, -0.15) is 13.2 Å². The molecule has 12 nitrogen and oxygen atoms in total. The molecule has 0 bridgehead atoms. The van der Waals surface area contributed by atoms with E-state index in [1.54, 1.807) is 28.4 Å². The zero-order valence-electron chi connectivity index (χ0n) is 32.2. The number of likely N-dealkylation sites (tertiary alicyclic amines) is 1. The van der Waals surface area contributed by atoms with Gasteiger partial charge in [0.1, 0.15) is 23.2 Å². The molecule has 8 rings (SSSR count). The number of nitrogens with one attached hydrogen (secondary N) is 3. The van der Waals surface area contributed by atoms with Crippen LogP contribution in [0.1, 0.15) is 101 Å². The Bertz CT molecular complexity index is 2210. The zero-order valence-corrected chi connectivity index (χ0v) is 33.0. The van der Waals surface area contributed by atoms with E-state index in [9.17, 15) is 32.3 Å². The van der Waals surface area contributed by atoms with E-state index in [0.717, 1.165) is 110 Å². The molecule has 0 spiro atoms. The molecule has 3 aliphatic heterocycles. The number of aromatic nitrogens is 2. The van der Waals surface area contributed by atoms with Gasteiger partial charge in [-0.25, -0.2) is 9.97 Å². The number of hydrogen-bond acceptors (Lipinski definition) is 10. The van der Waals surface area contributed by atoms with E-state index < -0.39 is 29.7 Å². The van der Waals surface area contributed by atoms with Crippen molar-refractivity contribution in [2.24, 2.45) is 11.8 Å². The molecule has 16 heteroatoms. The predicted molar refractivity (Wildman–Crippen MR) is 213 cm³/mol. The molecule has 3 fully saturated rings. The molecule has 2 aromatic carbocycles. The third kappa shape index (κ3) is 8.53. The van der Waals surface area contributed by atoms with Crippen molar-refractivity contribution in [1.29, 1.82) is 0 Å². The number of hydrogen-bond donors (Lipinski definition) is 3. The summed E-state index contributed by atoms with van der Waals surface area (Å²) in [6.45, 7) is 4.39. The topological polar surface area (TPSA) is 146 Å². The van der Waals surface area contributed by atoms with E-state index in [1.807, 2.05) is 18.2 Å². The van der Waals surface area contributed by atoms with E-state index in [0.29, 0.717) is 47.7 Å². The number of imide groups is 1. The summed E-state index contributed by atoms with van der Waals surface area (Å²) in [6, 6.07) is 11.9. The lowest BCUT2D eigenvalue weighted by Crippen LogP contribution is -2.52. The van der Waals surface area contributed by atoms with Crippen LogP contribution in [0.5, 0.6) is 5.75 Å². The first-order valence-corrected chi connectivity index (χ1v) is 20.8. The summed E-state index contributed by atoms with van der Waals surface area (Å²) in [6.07, 6.45) is 3.56. The van der Waals surface area contributed by atoms with Crippen LogP contribution >= 0.6 is 11.3 Å². The number of alkyl halides is 3. The number of rotatable bonds is 11. The fraction of sp³-hybridized carbons (Fsp3) is 0.476. The Hall–Kier alpha value is -5.09. The van der Waals surface area contributed by atoms with Crippen LogP contribution in [0.25, 0.3) is 10.2 Å². The summed E-state index contributed by atoms with van der Waals surface area (Å²) in [5.41, 5.74) is 1.96. The highest BCUT2D eigenvalue weighted by Gasteiger charge is 2.40. The van der Waals surface area contributed by atoms with E-state index in [1.165, 1.54) is 13.2 Å². The number of carbonyl (C=O) groups is 4. The molecule has 0 radical (unpaired) electrons. The molecular weight excluding hydrogens is 772 g/mol. The van der Waals surface area contributed by atoms with Gasteiger partial charge in [0.2, 0.25) is 11.8 Å². The van der Waals surface area contributed by atoms with Crippen molar-refractivity contribution in [2.45, 2.75) is 82.5 Å². The SMILES string of the molecule is COc1cc2nc([C@H]3CC[C@H](CN4CCC(CCNc5cccc6c5C(=O)N(C5CCC(=O)NC5=O)C6)CC4)CC3)sc2cc1NC(=O)c1cccc(C(F)(F)F)n1. The molecular formula is C42H46F3N7O5S. The summed E-state index contributed by atoms with van der Waals surface area (Å²) in [4.78, 5) is 63.1. The molecule has 2 saturated heterocycles. The second kappa shape index (κ2) is 16.6. The first-order chi connectivity index (χ1) is 27.9. The van der Waals surface area contributed by atoms with Gasteiger partial charge in [-0.05, 0) is 106 Å². The molecule has 1 atom stereocenters. The number of ether oxygens (including phenoxy) is 1. The number of anilines is 2. The number of carbonyl (C=O) groups excluding carboxylic acids is 4. The number of amides is 4. The zero-order chi connectivity index (χ0) is 40.6. The number of piperidine rings is 2. The van der Waals surface area contributed by atoms with Crippen molar-refractivity contribution >= 4 is 56.6 Å². The van der Waals surface area contributed by atoms with Gasteiger partial charge in [0, 0.05) is 43.7 Å². The van der Waals surface area contributed by atoms with E-state index in [2.05, 4.69) is 25.8 Å². The van der Waals surface area contributed by atoms with Gasteiger partial charge in [0.25, 0.3) is 11.8 Å². The maximum absolute atomic E-state index is 13.4. The van der Waals surface area contributed by atoms with Gasteiger partial charge >= 0.3 is 6.18 Å². The van der Waals surface area contributed by atoms with Gasteiger partial charge in [0.05, 0.1) is 33.6 Å². The average Bonchev–Trinajstić information content (AvgIpc) is 3.78. The average molecular weight is 818 g/mol. The maximum atomic E-state index is 13.4. The minimum atomic E-state index is -4.66. The van der Waals surface area contributed by atoms with Crippen LogP contribution in [0.4, 0.5) is 24.5 Å². The summed E-state index contributed by atoms with van der Waals surface area (Å²) >= 11 is 1.58. The second-order valence-electron chi connectivity index (χ2n) is 15.8. The van der Waals surface area contributed by atoms with Gasteiger partial charge in [0.15, 0.2) is 0 Å². The molecule has 1 saturated carbocycles. The standard InChI is InChI=1S/C42H46F3N7O5S/c1-57-33-20-31-34(21-30(33)48-38(54)29-6-3-7-35(47-29)42(43,44)45)58-40(49-31)26-10-8-25(9-11-26)22-51-18-15-24(16-19-51)14-17-46-28-5-2-4-27-23-52(41(56)37(27)28)32-12-13-36(53)50-39(32)55/h2-7,20-21,24-26,32,46H,8-19,22-23H2,1H3,(H,48,54)(H,50,53,55)/t25-,26-,32?. The lowest BCUT2D eigenvalue weighted by Gasteiger charge is -2.36. The van der Waals surface area contributed by atoms with Crippen LogP contribution in [0, 0.1) is 11.8 Å². The van der Waals surface area contributed by atoms with Crippen LogP contribution in [0.2, 0.25) is 0 Å². The number of nitrogens with zero attached hydrogens (tertiary/aromatic N) is 4. The molecule has 1 unspecified atom stereocenters. The minimum absolute atomic E-state index is 0.160. The number of fused-ring (bicyclic) bond motifs is 2. The number of halogens is 3. The first kappa shape index (κ1) is 39.7. The van der Waals surface area contributed by atoms with Crippen molar-refractivity contribution in [3.8, 4) is 5.75 Å². The quantitative estimate of drug-likeness (QED) is 0.134. The van der Waals surface area contributed by atoms with Crippen molar-refractivity contribution in [3.05, 3.63) is 76.1 Å². The van der Waals surface area contributed by atoms with Crippen molar-refractivity contribution in [3.63, 3.8) is 0 Å². The van der Waals surface area contributed by atoms with Crippen LogP contribution < -0.4 is 20.7 Å². The van der Waals surface area contributed by atoms with Crippen LogP contribution in [0.3, 0.4) is 0 Å². The highest BCUT2D eigenvalue weighted by atomic mass is 32.1. The fourth-order valence-corrected chi connectivity index (χ4v) is 10.1. The first-order valence-electron chi connectivity index (χ1n) is 20.0. The molecule has 4 aliphatic rings. The van der Waals surface area contributed by atoms with Gasteiger partial charge < -0.3 is 25.2 Å². The van der Waals surface area contributed by atoms with E-state index >= 15 is 0 Å². The Kier molecular flexibility index (Phi) is 11.4. The number of thiazole rings is 1. The summed E-state index contributed by atoms with van der Waals surface area (Å²) < 4.78 is 45.9. The van der Waals surface area contributed by atoms with Crippen molar-refractivity contribution in [2.75, 3.05) is 43.9 Å². The molecule has 5 heterocycles. The Morgan fingerprint density at radius 3 is 2.47 bits per heavy atom. The molecule has 58 heavy (non-hydrogen) atoms. The highest BCUT2D eigenvalue weighted by molar-refractivity contribution is 7.18. The lowest BCUT2D eigenvalue weighted by molar-refractivity contribution is -0.141. The van der Waals surface area contributed by atoms with Gasteiger partial charge in [-0.15, -0.1) is 11.3 Å². The normalized spacial score (nSPS) is 21.9. The van der Waals surface area contributed by atoms with E-state index in [4.69, 9.17) is 9.72 Å². The molecule has 2 aromatic heterocycles. The predicted octanol–water partition coefficient (Wildman–Crippen LogP) is 7.22. The number of benzene rings is 2. The van der Waals surface area contributed by atoms with Crippen molar-refractivity contribution in [1.82, 2.24) is 25.1 Å². The maximum Gasteiger partial charge on any atom is 0.433 e. The molecule has 3 N–H and O–H groups in total. The lowest BCUT2D eigenvalue weighted by atomic mass is 9.81. The smallest absolute Gasteiger partial charge is 0.433 e. The largest absolute Gasteiger partial charge is 0.494 e. The van der Waals surface area contributed by atoms with Crippen LogP contribution in [0.15, 0.2) is 48.5 Å². The monoisotopic (exact) mass is 817 g/mol. The second-order valence-corrected chi connectivity index (χ2v) is 16.9. The number of methoxy groups -OCH3 is 1. The summed E-state index contributed by atoms with van der Waals surface area (Å²) in [5, 5.41) is 9.60. The van der Waals surface area contributed by atoms with Crippen LogP contribution in [-0.4, -0.2) is 82.7 Å². The van der Waals surface area contributed by atoms with Crippen molar-refractivity contribution < 1.29 is 37.1 Å². The van der Waals surface area contributed by atoms with E-state index in [-0.39, 0.29) is 23.9 Å².